The van der Waals surface area contributed by atoms with E-state index in [1.807, 2.05) is 0 Å². The monoisotopic (exact) mass is 172 g/mol. The van der Waals surface area contributed by atoms with E-state index in [9.17, 15) is 5.11 Å². The third-order valence-electron chi connectivity index (χ3n) is 2.52. The van der Waals surface area contributed by atoms with Crippen LogP contribution in [0.4, 0.5) is 0 Å². The summed E-state index contributed by atoms with van der Waals surface area (Å²) in [7, 11) is 0. The van der Waals surface area contributed by atoms with Crippen LogP contribution in [0.25, 0.3) is 0 Å². The van der Waals surface area contributed by atoms with E-state index >= 15 is 0 Å². The lowest BCUT2D eigenvalue weighted by molar-refractivity contribution is 0.0517. The maximum Gasteiger partial charge on any atom is 0.0540 e. The molecule has 1 fully saturated rings. The van der Waals surface area contributed by atoms with Crippen molar-refractivity contribution in [1.82, 2.24) is 0 Å². The van der Waals surface area contributed by atoms with Crippen molar-refractivity contribution in [2.24, 2.45) is 5.92 Å². The van der Waals surface area contributed by atoms with Gasteiger partial charge in [0.2, 0.25) is 0 Å². The van der Waals surface area contributed by atoms with Gasteiger partial charge in [0.1, 0.15) is 0 Å². The van der Waals surface area contributed by atoms with Crippen LogP contribution in [-0.2, 0) is 4.74 Å². The number of rotatable bonds is 4. The van der Waals surface area contributed by atoms with Crippen LogP contribution < -0.4 is 0 Å². The Morgan fingerprint density at radius 1 is 1.25 bits per heavy atom. The molecule has 0 atom stereocenters. The van der Waals surface area contributed by atoms with E-state index in [2.05, 4.69) is 6.92 Å². The van der Waals surface area contributed by atoms with Gasteiger partial charge in [0.25, 0.3) is 0 Å². The second-order valence-corrected chi connectivity index (χ2v) is 3.75. The summed E-state index contributed by atoms with van der Waals surface area (Å²) < 4.78 is 5.48. The van der Waals surface area contributed by atoms with Crippen molar-refractivity contribution in [1.29, 1.82) is 0 Å². The molecule has 0 saturated heterocycles. The van der Waals surface area contributed by atoms with Crippen molar-refractivity contribution in [3.05, 3.63) is 0 Å². The number of aliphatic hydroxyl groups excluding tert-OH is 1. The summed E-state index contributed by atoms with van der Waals surface area (Å²) in [6.45, 7) is 3.92. The quantitative estimate of drug-likeness (QED) is 0.657. The van der Waals surface area contributed by atoms with E-state index in [1.54, 1.807) is 0 Å². The maximum absolute atomic E-state index is 9.26. The lowest BCUT2D eigenvalue weighted by Gasteiger charge is -2.24. The van der Waals surface area contributed by atoms with Crippen LogP contribution in [0.15, 0.2) is 0 Å². The maximum atomic E-state index is 9.26. The Morgan fingerprint density at radius 3 is 2.50 bits per heavy atom. The molecule has 1 aliphatic carbocycles. The first kappa shape index (κ1) is 10.0. The molecule has 1 saturated carbocycles. The number of hydrogen-bond donors (Lipinski definition) is 1. The fraction of sp³-hybridized carbons (Fsp3) is 1.00. The number of aliphatic hydroxyl groups is 1. The first-order chi connectivity index (χ1) is 5.83. The number of hydrogen-bond acceptors (Lipinski definition) is 2. The molecule has 0 aromatic heterocycles. The van der Waals surface area contributed by atoms with Crippen molar-refractivity contribution < 1.29 is 9.84 Å². The van der Waals surface area contributed by atoms with Gasteiger partial charge in [0, 0.05) is 13.2 Å². The normalized spacial score (nSPS) is 30.5. The Bertz CT molecular complexity index is 106. The lowest BCUT2D eigenvalue weighted by Crippen LogP contribution is -2.21. The minimum absolute atomic E-state index is 0.0348. The summed E-state index contributed by atoms with van der Waals surface area (Å²) in [6.07, 6.45) is 5.30. The summed E-state index contributed by atoms with van der Waals surface area (Å²) in [5.41, 5.74) is 0. The molecule has 1 aliphatic rings. The SMILES string of the molecule is CCCOCC1CCC(O)CC1. The van der Waals surface area contributed by atoms with Crippen molar-refractivity contribution in [3.8, 4) is 0 Å². The van der Waals surface area contributed by atoms with Crippen molar-refractivity contribution in [2.45, 2.75) is 45.1 Å². The molecule has 0 heterocycles. The minimum Gasteiger partial charge on any atom is -0.393 e. The fourth-order valence-corrected chi connectivity index (χ4v) is 1.71. The zero-order valence-corrected chi connectivity index (χ0v) is 7.96. The Morgan fingerprint density at radius 2 is 1.92 bits per heavy atom. The summed E-state index contributed by atoms with van der Waals surface area (Å²) in [5.74, 6) is 0.708. The van der Waals surface area contributed by atoms with Gasteiger partial charge in [-0.1, -0.05) is 6.92 Å². The molecule has 12 heavy (non-hydrogen) atoms. The van der Waals surface area contributed by atoms with Crippen LogP contribution in [0.3, 0.4) is 0 Å². The summed E-state index contributed by atoms with van der Waals surface area (Å²) in [5, 5.41) is 9.26. The highest BCUT2D eigenvalue weighted by atomic mass is 16.5. The topological polar surface area (TPSA) is 29.5 Å². The summed E-state index contributed by atoms with van der Waals surface area (Å²) in [4.78, 5) is 0. The van der Waals surface area contributed by atoms with E-state index in [-0.39, 0.29) is 6.10 Å². The molecule has 0 spiro atoms. The highest BCUT2D eigenvalue weighted by Gasteiger charge is 2.18. The molecule has 0 aliphatic heterocycles. The average Bonchev–Trinajstić information content (AvgIpc) is 2.09. The highest BCUT2D eigenvalue weighted by molar-refractivity contribution is 4.70. The van der Waals surface area contributed by atoms with Gasteiger partial charge in [-0.2, -0.15) is 0 Å². The first-order valence-corrected chi connectivity index (χ1v) is 5.08. The summed E-state index contributed by atoms with van der Waals surface area (Å²) >= 11 is 0. The fourth-order valence-electron chi connectivity index (χ4n) is 1.71. The Hall–Kier alpha value is -0.0800. The molecule has 0 aromatic rings. The van der Waals surface area contributed by atoms with Gasteiger partial charge in [0.05, 0.1) is 6.10 Å². The average molecular weight is 172 g/mol. The molecule has 0 bridgehead atoms. The van der Waals surface area contributed by atoms with Crippen LogP contribution in [-0.4, -0.2) is 24.4 Å². The standard InChI is InChI=1S/C10H20O2/c1-2-7-12-8-9-3-5-10(11)6-4-9/h9-11H,2-8H2,1H3. The third-order valence-corrected chi connectivity index (χ3v) is 2.52. The van der Waals surface area contributed by atoms with E-state index in [4.69, 9.17) is 4.74 Å². The van der Waals surface area contributed by atoms with E-state index in [1.165, 1.54) is 0 Å². The predicted molar refractivity (Wildman–Crippen MR) is 49.1 cm³/mol. The Balaban J connectivity index is 2.01. The number of ether oxygens (including phenoxy) is 1. The molecular formula is C10H20O2. The first-order valence-electron chi connectivity index (χ1n) is 5.08. The lowest BCUT2D eigenvalue weighted by atomic mass is 9.88. The second kappa shape index (κ2) is 5.55. The molecule has 0 radical (unpaired) electrons. The molecule has 1 N–H and O–H groups in total. The van der Waals surface area contributed by atoms with Gasteiger partial charge in [-0.25, -0.2) is 0 Å². The molecule has 1 rings (SSSR count). The predicted octanol–water partition coefficient (Wildman–Crippen LogP) is 1.96. The van der Waals surface area contributed by atoms with Crippen LogP contribution in [0.1, 0.15) is 39.0 Å². The minimum atomic E-state index is -0.0348. The second-order valence-electron chi connectivity index (χ2n) is 3.75. The highest BCUT2D eigenvalue weighted by Crippen LogP contribution is 2.24. The van der Waals surface area contributed by atoms with Gasteiger partial charge in [-0.3, -0.25) is 0 Å². The molecule has 72 valence electrons. The molecule has 2 nitrogen and oxygen atoms in total. The largest absolute Gasteiger partial charge is 0.393 e. The zero-order valence-electron chi connectivity index (χ0n) is 7.96. The van der Waals surface area contributed by atoms with Gasteiger partial charge in [0.15, 0.2) is 0 Å². The van der Waals surface area contributed by atoms with Gasteiger partial charge in [-0.15, -0.1) is 0 Å². The summed E-state index contributed by atoms with van der Waals surface area (Å²) in [6, 6.07) is 0. The Kier molecular flexibility index (Phi) is 4.62. The van der Waals surface area contributed by atoms with Gasteiger partial charge in [-0.05, 0) is 38.0 Å². The van der Waals surface area contributed by atoms with Crippen LogP contribution in [0, 0.1) is 5.92 Å². The van der Waals surface area contributed by atoms with Crippen LogP contribution >= 0.6 is 0 Å². The van der Waals surface area contributed by atoms with Crippen molar-refractivity contribution in [3.63, 3.8) is 0 Å². The smallest absolute Gasteiger partial charge is 0.0540 e. The van der Waals surface area contributed by atoms with E-state index in [0.717, 1.165) is 45.3 Å². The van der Waals surface area contributed by atoms with E-state index < -0.39 is 0 Å². The van der Waals surface area contributed by atoms with Crippen molar-refractivity contribution in [2.75, 3.05) is 13.2 Å². The zero-order chi connectivity index (χ0) is 8.81. The van der Waals surface area contributed by atoms with Gasteiger partial charge >= 0.3 is 0 Å². The van der Waals surface area contributed by atoms with Crippen molar-refractivity contribution >= 4 is 0 Å². The molecular weight excluding hydrogens is 152 g/mol. The van der Waals surface area contributed by atoms with Crippen LogP contribution in [0.5, 0.6) is 0 Å². The van der Waals surface area contributed by atoms with Crippen LogP contribution in [0.2, 0.25) is 0 Å². The Labute approximate surface area is 74.9 Å². The molecule has 0 aromatic carbocycles. The molecule has 0 amide bonds. The van der Waals surface area contributed by atoms with Gasteiger partial charge < -0.3 is 9.84 Å². The molecule has 0 unspecified atom stereocenters. The van der Waals surface area contributed by atoms with E-state index in [0.29, 0.717) is 5.92 Å². The molecule has 2 heteroatoms. The third kappa shape index (κ3) is 3.55.